The van der Waals surface area contributed by atoms with E-state index >= 15 is 0 Å². The van der Waals surface area contributed by atoms with Gasteiger partial charge in [-0.15, -0.1) is 0 Å². The Morgan fingerprint density at radius 3 is 1.94 bits per heavy atom. The maximum absolute atomic E-state index is 6.30. The summed E-state index contributed by atoms with van der Waals surface area (Å²) < 4.78 is 8.78. The molecule has 36 heavy (non-hydrogen) atoms. The number of benzene rings is 5. The van der Waals surface area contributed by atoms with Crippen LogP contribution in [0.1, 0.15) is 37.5 Å². The van der Waals surface area contributed by atoms with E-state index in [1.807, 2.05) is 0 Å². The van der Waals surface area contributed by atoms with Gasteiger partial charge in [0.1, 0.15) is 11.2 Å². The predicted octanol–water partition coefficient (Wildman–Crippen LogP) is 9.80. The summed E-state index contributed by atoms with van der Waals surface area (Å²) in [5.74, 6) is 0. The van der Waals surface area contributed by atoms with Gasteiger partial charge in [-0.2, -0.15) is 0 Å². The van der Waals surface area contributed by atoms with Gasteiger partial charge in [-0.1, -0.05) is 45.0 Å². The van der Waals surface area contributed by atoms with Crippen LogP contribution in [0.25, 0.3) is 70.8 Å². The Morgan fingerprint density at radius 1 is 0.556 bits per heavy atom. The van der Waals surface area contributed by atoms with Crippen LogP contribution >= 0.6 is 0 Å². The molecule has 0 saturated heterocycles. The zero-order valence-electron chi connectivity index (χ0n) is 21.3. The number of fused-ring (bicyclic) bond motifs is 10. The van der Waals surface area contributed by atoms with Crippen LogP contribution in [-0.2, 0) is 5.41 Å². The Hall–Kier alpha value is -4.04. The van der Waals surface area contributed by atoms with E-state index in [0.717, 1.165) is 11.2 Å². The topological polar surface area (TPSA) is 17.6 Å². The molecule has 0 N–H and O–H groups in total. The van der Waals surface area contributed by atoms with Crippen LogP contribution < -0.4 is 0 Å². The van der Waals surface area contributed by atoms with Crippen LogP contribution in [0.4, 0.5) is 0 Å². The fourth-order valence-corrected chi connectivity index (χ4v) is 6.21. The monoisotopic (exact) mass is 465 g/mol. The quantitative estimate of drug-likeness (QED) is 0.218. The highest BCUT2D eigenvalue weighted by molar-refractivity contribution is 6.25. The molecule has 0 unspecified atom stereocenters. The molecular formula is C34H27NO. The van der Waals surface area contributed by atoms with E-state index in [4.69, 9.17) is 4.42 Å². The molecule has 0 aliphatic heterocycles. The normalized spacial score (nSPS) is 13.1. The van der Waals surface area contributed by atoms with Crippen LogP contribution in [0.2, 0.25) is 0 Å². The molecule has 0 spiro atoms. The third-order valence-corrected chi connectivity index (χ3v) is 8.12. The van der Waals surface area contributed by atoms with Gasteiger partial charge in [-0.05, 0) is 95.3 Å². The van der Waals surface area contributed by atoms with Crippen molar-refractivity contribution in [3.05, 3.63) is 89.5 Å². The van der Waals surface area contributed by atoms with Gasteiger partial charge in [0.15, 0.2) is 0 Å². The molecule has 3 aromatic heterocycles. The predicted molar refractivity (Wildman–Crippen MR) is 154 cm³/mol. The van der Waals surface area contributed by atoms with Crippen molar-refractivity contribution >= 4 is 70.8 Å². The van der Waals surface area contributed by atoms with Crippen molar-refractivity contribution in [2.45, 2.75) is 40.0 Å². The maximum atomic E-state index is 6.30. The standard InChI is InChI=1S/C34H27NO/c1-18-6-8-23-27-16-22(34(3,4)5)17-28-25-12-20-13-26-24-9-7-19(2)11-31(24)36-32(26)15-21(20)14-30(25)35(33(27)28)29(23)10-18/h6-17H,1-5H3. The number of rotatable bonds is 0. The minimum atomic E-state index is 0.0728. The Morgan fingerprint density at radius 2 is 1.17 bits per heavy atom. The van der Waals surface area contributed by atoms with E-state index < -0.39 is 0 Å². The number of furan rings is 1. The summed E-state index contributed by atoms with van der Waals surface area (Å²) in [6, 6.07) is 27.5. The molecule has 2 heteroatoms. The van der Waals surface area contributed by atoms with E-state index in [1.165, 1.54) is 76.3 Å². The number of aryl methyl sites for hydroxylation is 2. The lowest BCUT2D eigenvalue weighted by molar-refractivity contribution is 0.592. The SMILES string of the molecule is Cc1ccc2c(c1)oc1cc3cc4c(cc3cc12)c1cc(C(C)(C)C)cc2c3ccc(C)cc3n4c21. The van der Waals surface area contributed by atoms with Crippen molar-refractivity contribution in [1.82, 2.24) is 4.40 Å². The molecule has 0 amide bonds. The third-order valence-electron chi connectivity index (χ3n) is 8.12. The molecule has 0 aliphatic rings. The first-order chi connectivity index (χ1) is 17.3. The van der Waals surface area contributed by atoms with Gasteiger partial charge in [0, 0.05) is 32.3 Å². The second-order valence-electron chi connectivity index (χ2n) is 11.7. The first-order valence-corrected chi connectivity index (χ1v) is 12.8. The fourth-order valence-electron chi connectivity index (χ4n) is 6.21. The van der Waals surface area contributed by atoms with E-state index in [-0.39, 0.29) is 5.41 Å². The number of nitrogens with zero attached hydrogens (tertiary/aromatic N) is 1. The number of hydrogen-bond donors (Lipinski definition) is 0. The van der Waals surface area contributed by atoms with E-state index in [1.54, 1.807) is 0 Å². The van der Waals surface area contributed by atoms with E-state index in [0.29, 0.717) is 0 Å². The molecular weight excluding hydrogens is 438 g/mol. The maximum Gasteiger partial charge on any atom is 0.136 e. The van der Waals surface area contributed by atoms with E-state index in [9.17, 15) is 0 Å². The smallest absolute Gasteiger partial charge is 0.136 e. The average Bonchev–Trinajstić information content (AvgIpc) is 3.45. The summed E-state index contributed by atoms with van der Waals surface area (Å²) >= 11 is 0. The van der Waals surface area contributed by atoms with Crippen molar-refractivity contribution in [1.29, 1.82) is 0 Å². The molecule has 5 aromatic carbocycles. The largest absolute Gasteiger partial charge is 0.456 e. The lowest BCUT2D eigenvalue weighted by Crippen LogP contribution is -2.10. The zero-order chi connectivity index (χ0) is 24.5. The molecule has 174 valence electrons. The summed E-state index contributed by atoms with van der Waals surface area (Å²) in [4.78, 5) is 0. The van der Waals surface area contributed by atoms with Gasteiger partial charge < -0.3 is 8.82 Å². The zero-order valence-corrected chi connectivity index (χ0v) is 21.3. The molecule has 8 rings (SSSR count). The summed E-state index contributed by atoms with van der Waals surface area (Å²) in [6.07, 6.45) is 0. The highest BCUT2D eigenvalue weighted by atomic mass is 16.3. The fraction of sp³-hybridized carbons (Fsp3) is 0.176. The van der Waals surface area contributed by atoms with Gasteiger partial charge in [0.2, 0.25) is 0 Å². The van der Waals surface area contributed by atoms with Gasteiger partial charge >= 0.3 is 0 Å². The van der Waals surface area contributed by atoms with Gasteiger partial charge in [0.05, 0.1) is 16.6 Å². The van der Waals surface area contributed by atoms with Gasteiger partial charge in [0.25, 0.3) is 0 Å². The van der Waals surface area contributed by atoms with Crippen LogP contribution in [0.3, 0.4) is 0 Å². The molecule has 3 heterocycles. The Balaban J connectivity index is 1.58. The van der Waals surface area contributed by atoms with E-state index in [2.05, 4.69) is 112 Å². The van der Waals surface area contributed by atoms with Crippen LogP contribution in [-0.4, -0.2) is 4.40 Å². The number of aromatic nitrogens is 1. The van der Waals surface area contributed by atoms with Crippen LogP contribution in [0.5, 0.6) is 0 Å². The lowest BCUT2D eigenvalue weighted by Gasteiger charge is -2.19. The molecule has 2 nitrogen and oxygen atoms in total. The molecule has 0 saturated carbocycles. The van der Waals surface area contributed by atoms with Gasteiger partial charge in [-0.25, -0.2) is 0 Å². The average molecular weight is 466 g/mol. The molecule has 0 atom stereocenters. The summed E-state index contributed by atoms with van der Waals surface area (Å²) in [7, 11) is 0. The highest BCUT2D eigenvalue weighted by Gasteiger charge is 2.23. The Kier molecular flexibility index (Phi) is 3.58. The minimum Gasteiger partial charge on any atom is -0.456 e. The molecule has 8 aromatic rings. The highest BCUT2D eigenvalue weighted by Crippen LogP contribution is 2.43. The first-order valence-electron chi connectivity index (χ1n) is 12.8. The Labute approximate surface area is 209 Å². The number of hydrogen-bond acceptors (Lipinski definition) is 1. The molecule has 0 bridgehead atoms. The second-order valence-corrected chi connectivity index (χ2v) is 11.7. The second kappa shape index (κ2) is 6.39. The molecule has 0 aliphatic carbocycles. The van der Waals surface area contributed by atoms with Crippen molar-refractivity contribution in [3.8, 4) is 0 Å². The summed E-state index contributed by atoms with van der Waals surface area (Å²) in [5.41, 5.74) is 9.75. The molecule has 0 radical (unpaired) electrons. The lowest BCUT2D eigenvalue weighted by atomic mass is 9.85. The third kappa shape index (κ3) is 2.51. The minimum absolute atomic E-state index is 0.0728. The molecule has 0 fully saturated rings. The van der Waals surface area contributed by atoms with Crippen molar-refractivity contribution < 1.29 is 4.42 Å². The van der Waals surface area contributed by atoms with Crippen molar-refractivity contribution in [2.75, 3.05) is 0 Å². The Bertz CT molecular complexity index is 2200. The summed E-state index contributed by atoms with van der Waals surface area (Å²) in [5, 5.41) is 10.2. The van der Waals surface area contributed by atoms with Crippen LogP contribution in [0, 0.1) is 13.8 Å². The van der Waals surface area contributed by atoms with Crippen LogP contribution in [0.15, 0.2) is 77.2 Å². The first kappa shape index (κ1) is 20.2. The summed E-state index contributed by atoms with van der Waals surface area (Å²) in [6.45, 7) is 11.2. The van der Waals surface area contributed by atoms with Gasteiger partial charge in [-0.3, -0.25) is 0 Å². The van der Waals surface area contributed by atoms with Crippen molar-refractivity contribution in [3.63, 3.8) is 0 Å². The van der Waals surface area contributed by atoms with Crippen molar-refractivity contribution in [2.24, 2.45) is 0 Å².